The van der Waals surface area contributed by atoms with Gasteiger partial charge in [-0.1, -0.05) is 5.16 Å². The van der Waals surface area contributed by atoms with Crippen LogP contribution in [-0.2, 0) is 6.54 Å². The number of rotatable bonds is 3. The van der Waals surface area contributed by atoms with Crippen molar-refractivity contribution >= 4 is 43.2 Å². The van der Waals surface area contributed by atoms with E-state index in [1.807, 2.05) is 13.0 Å². The van der Waals surface area contributed by atoms with Crippen molar-refractivity contribution in [2.45, 2.75) is 13.5 Å². The van der Waals surface area contributed by atoms with E-state index in [4.69, 9.17) is 10.3 Å². The van der Waals surface area contributed by atoms with Crippen molar-refractivity contribution in [2.24, 2.45) is 5.73 Å². The van der Waals surface area contributed by atoms with Gasteiger partial charge in [-0.3, -0.25) is 4.98 Å². The highest BCUT2D eigenvalue weighted by Crippen LogP contribution is 2.32. The number of nitrogens with zero attached hydrogens (tertiary/aromatic N) is 4. The fourth-order valence-electron chi connectivity index (χ4n) is 1.73. The Morgan fingerprint density at radius 1 is 1.33 bits per heavy atom. The highest BCUT2D eigenvalue weighted by molar-refractivity contribution is 9.11. The number of thiazole rings is 1. The van der Waals surface area contributed by atoms with Crippen LogP contribution in [0.2, 0.25) is 0 Å². The Hall–Kier alpha value is -1.16. The molecule has 3 rings (SSSR count). The summed E-state index contributed by atoms with van der Waals surface area (Å²) in [4.78, 5) is 13.9. The van der Waals surface area contributed by atoms with E-state index in [1.165, 1.54) is 11.3 Å². The van der Waals surface area contributed by atoms with Crippen LogP contribution >= 0.6 is 43.2 Å². The molecule has 21 heavy (non-hydrogen) atoms. The molecule has 3 aromatic rings. The molecule has 9 heteroatoms. The van der Waals surface area contributed by atoms with Gasteiger partial charge < -0.3 is 10.3 Å². The van der Waals surface area contributed by atoms with Gasteiger partial charge in [-0.2, -0.15) is 4.98 Å². The first-order valence-electron chi connectivity index (χ1n) is 5.90. The minimum Gasteiger partial charge on any atom is -0.333 e. The predicted molar refractivity (Wildman–Crippen MR) is 86.7 cm³/mol. The Balaban J connectivity index is 2.01. The minimum absolute atomic E-state index is 0.395. The number of halogens is 2. The Morgan fingerprint density at radius 2 is 2.14 bits per heavy atom. The van der Waals surface area contributed by atoms with Crippen molar-refractivity contribution in [3.8, 4) is 22.3 Å². The molecule has 0 saturated heterocycles. The molecule has 0 aliphatic rings. The second-order valence-corrected chi connectivity index (χ2v) is 6.99. The molecule has 0 bridgehead atoms. The largest absolute Gasteiger partial charge is 0.333 e. The van der Waals surface area contributed by atoms with Crippen molar-refractivity contribution < 1.29 is 4.52 Å². The second-order valence-electron chi connectivity index (χ2n) is 4.13. The van der Waals surface area contributed by atoms with Crippen LogP contribution < -0.4 is 5.73 Å². The van der Waals surface area contributed by atoms with Crippen molar-refractivity contribution in [1.82, 2.24) is 20.1 Å². The molecule has 0 amide bonds. The molecule has 6 nitrogen and oxygen atoms in total. The van der Waals surface area contributed by atoms with Crippen LogP contribution in [0.3, 0.4) is 0 Å². The van der Waals surface area contributed by atoms with Crippen LogP contribution in [0.1, 0.15) is 10.7 Å². The summed E-state index contributed by atoms with van der Waals surface area (Å²) in [5.74, 6) is 0.850. The lowest BCUT2D eigenvalue weighted by Crippen LogP contribution is -1.94. The normalized spacial score (nSPS) is 11.0. The van der Waals surface area contributed by atoms with E-state index in [9.17, 15) is 0 Å². The average molecular weight is 431 g/mol. The Bertz CT molecular complexity index is 801. The van der Waals surface area contributed by atoms with Crippen LogP contribution in [-0.4, -0.2) is 20.1 Å². The first-order chi connectivity index (χ1) is 10.1. The molecule has 0 spiro atoms. The number of hydrogen-bond acceptors (Lipinski definition) is 7. The fraction of sp³-hybridized carbons (Fsp3) is 0.167. The molecule has 0 fully saturated rings. The van der Waals surface area contributed by atoms with E-state index < -0.39 is 0 Å². The molecule has 0 aromatic carbocycles. The third-order valence-electron chi connectivity index (χ3n) is 2.66. The lowest BCUT2D eigenvalue weighted by molar-refractivity contribution is 0.432. The Kier molecular flexibility index (Phi) is 4.16. The predicted octanol–water partition coefficient (Wildman–Crippen LogP) is 3.55. The summed E-state index contributed by atoms with van der Waals surface area (Å²) in [5, 5.41) is 4.82. The van der Waals surface area contributed by atoms with Gasteiger partial charge in [0.25, 0.3) is 5.89 Å². The van der Waals surface area contributed by atoms with Crippen molar-refractivity contribution in [2.75, 3.05) is 0 Å². The van der Waals surface area contributed by atoms with Gasteiger partial charge in [0, 0.05) is 21.7 Å². The van der Waals surface area contributed by atoms with Crippen molar-refractivity contribution in [3.63, 3.8) is 0 Å². The van der Waals surface area contributed by atoms with E-state index in [0.29, 0.717) is 24.0 Å². The molecule has 0 saturated carbocycles. The summed E-state index contributed by atoms with van der Waals surface area (Å²) in [6, 6.07) is 1.88. The fourth-order valence-corrected chi connectivity index (χ4v) is 3.76. The summed E-state index contributed by atoms with van der Waals surface area (Å²) in [7, 11) is 0. The summed E-state index contributed by atoms with van der Waals surface area (Å²) >= 11 is 8.25. The van der Waals surface area contributed by atoms with Crippen LogP contribution in [0.15, 0.2) is 25.7 Å². The molecule has 0 unspecified atom stereocenters. The van der Waals surface area contributed by atoms with Gasteiger partial charge in [-0.15, -0.1) is 11.3 Å². The Morgan fingerprint density at radius 3 is 2.81 bits per heavy atom. The van der Waals surface area contributed by atoms with Gasteiger partial charge in [0.05, 0.1) is 5.69 Å². The number of pyridine rings is 1. The maximum atomic E-state index is 5.60. The first kappa shape index (κ1) is 14.8. The second kappa shape index (κ2) is 5.91. The molecule has 0 atom stereocenters. The third kappa shape index (κ3) is 2.91. The van der Waals surface area contributed by atoms with E-state index in [0.717, 1.165) is 24.5 Å². The number of hydrogen-bond donors (Lipinski definition) is 1. The molecule has 108 valence electrons. The van der Waals surface area contributed by atoms with Crippen LogP contribution in [0.5, 0.6) is 0 Å². The molecule has 2 N–H and O–H groups in total. The van der Waals surface area contributed by atoms with Crippen LogP contribution in [0, 0.1) is 6.92 Å². The van der Waals surface area contributed by atoms with Gasteiger partial charge in [0.15, 0.2) is 0 Å². The minimum atomic E-state index is 0.395. The maximum Gasteiger partial charge on any atom is 0.270 e. The van der Waals surface area contributed by atoms with Crippen molar-refractivity contribution in [1.29, 1.82) is 0 Å². The van der Waals surface area contributed by atoms with E-state index in [2.05, 4.69) is 52.0 Å². The zero-order valence-corrected chi connectivity index (χ0v) is 14.8. The van der Waals surface area contributed by atoms with E-state index in [-0.39, 0.29) is 0 Å². The smallest absolute Gasteiger partial charge is 0.270 e. The highest BCUT2D eigenvalue weighted by Gasteiger charge is 2.18. The third-order valence-corrected chi connectivity index (χ3v) is 4.86. The number of nitrogens with two attached hydrogens (primary N) is 1. The molecular formula is C12H9Br2N5OS. The quantitative estimate of drug-likeness (QED) is 0.683. The van der Waals surface area contributed by atoms with Crippen LogP contribution in [0.25, 0.3) is 22.3 Å². The zero-order chi connectivity index (χ0) is 15.0. The molecule has 3 aromatic heterocycles. The standard InChI is InChI=1S/C12H9Br2N5OS/c1-5-10(21-8(3-15)17-5)12-18-11(19-20-12)9-7(14)2-6(13)4-16-9/h2,4H,3,15H2,1H3. The SMILES string of the molecule is Cc1nc(CN)sc1-c1nc(-c2ncc(Br)cc2Br)no1. The molecule has 0 radical (unpaired) electrons. The molecule has 0 aliphatic heterocycles. The Labute approximate surface area is 141 Å². The lowest BCUT2D eigenvalue weighted by atomic mass is 10.3. The van der Waals surface area contributed by atoms with Gasteiger partial charge in [-0.05, 0) is 44.8 Å². The summed E-state index contributed by atoms with van der Waals surface area (Å²) < 4.78 is 6.98. The number of aromatic nitrogens is 4. The zero-order valence-electron chi connectivity index (χ0n) is 10.8. The summed E-state index contributed by atoms with van der Waals surface area (Å²) in [5.41, 5.74) is 7.05. The van der Waals surface area contributed by atoms with Crippen molar-refractivity contribution in [3.05, 3.63) is 31.9 Å². The summed E-state index contributed by atoms with van der Waals surface area (Å²) in [6.07, 6.45) is 1.68. The van der Waals surface area contributed by atoms with Crippen LogP contribution in [0.4, 0.5) is 0 Å². The maximum absolute atomic E-state index is 5.60. The van der Waals surface area contributed by atoms with E-state index >= 15 is 0 Å². The van der Waals surface area contributed by atoms with Gasteiger partial charge in [-0.25, -0.2) is 4.98 Å². The highest BCUT2D eigenvalue weighted by atomic mass is 79.9. The average Bonchev–Trinajstić information content (AvgIpc) is 3.05. The topological polar surface area (TPSA) is 90.7 Å². The van der Waals surface area contributed by atoms with Gasteiger partial charge >= 0.3 is 0 Å². The molecular weight excluding hydrogens is 422 g/mol. The van der Waals surface area contributed by atoms with E-state index in [1.54, 1.807) is 6.20 Å². The monoisotopic (exact) mass is 429 g/mol. The van der Waals surface area contributed by atoms with Gasteiger partial charge in [0.1, 0.15) is 15.6 Å². The molecule has 3 heterocycles. The van der Waals surface area contributed by atoms with Gasteiger partial charge in [0.2, 0.25) is 5.82 Å². The lowest BCUT2D eigenvalue weighted by Gasteiger charge is -1.97. The molecule has 0 aliphatic carbocycles. The summed E-state index contributed by atoms with van der Waals surface area (Å²) in [6.45, 7) is 2.29. The first-order valence-corrected chi connectivity index (χ1v) is 8.30. The number of aryl methyl sites for hydroxylation is 1.